The van der Waals surface area contributed by atoms with Gasteiger partial charge in [-0.3, -0.25) is 4.98 Å². The molecule has 2 aromatic heterocycles. The second-order valence-electron chi connectivity index (χ2n) is 7.67. The van der Waals surface area contributed by atoms with E-state index >= 15 is 0 Å². The number of methoxy groups -OCH3 is 1. The van der Waals surface area contributed by atoms with E-state index in [0.717, 1.165) is 65.3 Å². The van der Waals surface area contributed by atoms with Crippen LogP contribution in [0.25, 0.3) is 10.8 Å². The highest BCUT2D eigenvalue weighted by Crippen LogP contribution is 2.27. The molecule has 1 fully saturated rings. The number of amides is 2. The van der Waals surface area contributed by atoms with E-state index in [4.69, 9.17) is 9.72 Å². The number of nitrogens with one attached hydrogen (secondary N) is 1. The van der Waals surface area contributed by atoms with Gasteiger partial charge in [-0.1, -0.05) is 13.8 Å². The van der Waals surface area contributed by atoms with Crippen LogP contribution in [0.4, 0.5) is 16.3 Å². The molecule has 0 aliphatic carbocycles. The highest BCUT2D eigenvalue weighted by molar-refractivity contribution is 5.93. The van der Waals surface area contributed by atoms with Crippen LogP contribution < -0.4 is 15.0 Å². The number of nitrogens with zero attached hydrogens (tertiary/aromatic N) is 4. The lowest BCUT2D eigenvalue weighted by Gasteiger charge is -2.36. The Morgan fingerprint density at radius 1 is 1.03 bits per heavy atom. The van der Waals surface area contributed by atoms with Gasteiger partial charge >= 0.3 is 6.03 Å². The minimum Gasteiger partial charge on any atom is -0.497 e. The lowest BCUT2D eigenvalue weighted by Crippen LogP contribution is -2.50. The number of fused-ring (bicyclic) bond motifs is 1. The summed E-state index contributed by atoms with van der Waals surface area (Å²) < 4.78 is 5.17. The maximum atomic E-state index is 12.7. The third-order valence-electron chi connectivity index (χ3n) is 5.74. The van der Waals surface area contributed by atoms with Crippen molar-refractivity contribution >= 4 is 28.3 Å². The second-order valence-corrected chi connectivity index (χ2v) is 7.67. The van der Waals surface area contributed by atoms with E-state index in [9.17, 15) is 4.79 Å². The van der Waals surface area contributed by atoms with Gasteiger partial charge in [0.2, 0.25) is 0 Å². The summed E-state index contributed by atoms with van der Waals surface area (Å²) in [4.78, 5) is 26.3. The van der Waals surface area contributed by atoms with Crippen molar-refractivity contribution in [3.63, 3.8) is 0 Å². The summed E-state index contributed by atoms with van der Waals surface area (Å²) in [5, 5.41) is 5.23. The Hall–Kier alpha value is -3.35. The number of carbonyl (C=O) groups excluding carboxylic acids is 1. The number of rotatable bonds is 5. The van der Waals surface area contributed by atoms with Crippen molar-refractivity contribution < 1.29 is 9.53 Å². The van der Waals surface area contributed by atoms with Gasteiger partial charge in [0.15, 0.2) is 0 Å². The van der Waals surface area contributed by atoms with E-state index in [-0.39, 0.29) is 6.03 Å². The van der Waals surface area contributed by atoms with Gasteiger partial charge in [0.1, 0.15) is 11.6 Å². The zero-order valence-electron chi connectivity index (χ0n) is 18.4. The highest BCUT2D eigenvalue weighted by Gasteiger charge is 2.23. The average Bonchev–Trinajstić information content (AvgIpc) is 2.83. The molecule has 0 spiro atoms. The molecule has 1 aromatic carbocycles. The monoisotopic (exact) mass is 419 g/mol. The lowest BCUT2D eigenvalue weighted by atomic mass is 10.1. The fraction of sp³-hybridized carbons (Fsp3) is 0.375. The number of benzene rings is 1. The molecule has 0 bridgehead atoms. The van der Waals surface area contributed by atoms with E-state index in [1.165, 1.54) is 0 Å². The van der Waals surface area contributed by atoms with E-state index in [0.29, 0.717) is 13.1 Å². The summed E-state index contributed by atoms with van der Waals surface area (Å²) in [5.41, 5.74) is 2.89. The average molecular weight is 420 g/mol. The van der Waals surface area contributed by atoms with Crippen molar-refractivity contribution in [2.45, 2.75) is 26.7 Å². The van der Waals surface area contributed by atoms with Crippen LogP contribution in [0.15, 0.2) is 42.6 Å². The Kier molecular flexibility index (Phi) is 6.21. The quantitative estimate of drug-likeness (QED) is 0.674. The molecule has 7 heteroatoms. The van der Waals surface area contributed by atoms with E-state index in [2.05, 4.69) is 41.2 Å². The Labute approximate surface area is 183 Å². The molecule has 1 aliphatic rings. The van der Waals surface area contributed by atoms with E-state index in [1.807, 2.05) is 35.4 Å². The topological polar surface area (TPSA) is 70.6 Å². The fourth-order valence-corrected chi connectivity index (χ4v) is 3.84. The predicted octanol–water partition coefficient (Wildman–Crippen LogP) is 4.12. The molecule has 1 saturated heterocycles. The summed E-state index contributed by atoms with van der Waals surface area (Å²) >= 11 is 0. The zero-order valence-corrected chi connectivity index (χ0v) is 18.4. The normalized spacial score (nSPS) is 14.0. The molecule has 0 atom stereocenters. The first kappa shape index (κ1) is 20.9. The fourth-order valence-electron chi connectivity index (χ4n) is 3.84. The summed E-state index contributed by atoms with van der Waals surface area (Å²) in [6.45, 7) is 7.01. The van der Waals surface area contributed by atoms with Crippen molar-refractivity contribution in [3.05, 3.63) is 54.0 Å². The van der Waals surface area contributed by atoms with Crippen molar-refractivity contribution in [2.75, 3.05) is 43.5 Å². The molecule has 162 valence electrons. The smallest absolute Gasteiger partial charge is 0.321 e. The summed E-state index contributed by atoms with van der Waals surface area (Å²) in [5.74, 6) is 1.77. The maximum absolute atomic E-state index is 12.7. The number of ether oxygens (including phenoxy) is 1. The molecule has 1 N–H and O–H groups in total. The predicted molar refractivity (Wildman–Crippen MR) is 124 cm³/mol. The van der Waals surface area contributed by atoms with E-state index < -0.39 is 0 Å². The molecule has 0 radical (unpaired) electrons. The molecular weight excluding hydrogens is 390 g/mol. The largest absolute Gasteiger partial charge is 0.497 e. The van der Waals surface area contributed by atoms with Crippen LogP contribution in [0.1, 0.15) is 25.2 Å². The van der Waals surface area contributed by atoms with Crippen LogP contribution in [0, 0.1) is 0 Å². The standard InChI is InChI=1S/C24H29N5O2/c1-4-18-15-22-17(16-25-18)14-19(5-2)26-23(22)28-10-12-29(13-11-28)24(30)27-20-6-8-21(31-3)9-7-20/h6-9,14-16H,4-5,10-13H2,1-3H3,(H,27,30). The number of pyridine rings is 2. The number of urea groups is 1. The SMILES string of the molecule is CCc1cc2c(N3CCN(C(=O)Nc4ccc(OC)cc4)CC3)nc(CC)cc2cn1. The Balaban J connectivity index is 1.47. The van der Waals surface area contributed by atoms with Crippen LogP contribution in [-0.2, 0) is 12.8 Å². The van der Waals surface area contributed by atoms with Crippen molar-refractivity contribution in [3.8, 4) is 5.75 Å². The zero-order chi connectivity index (χ0) is 21.8. The first-order chi connectivity index (χ1) is 15.1. The Morgan fingerprint density at radius 2 is 1.74 bits per heavy atom. The number of aryl methyl sites for hydroxylation is 2. The van der Waals surface area contributed by atoms with Crippen LogP contribution in [0.2, 0.25) is 0 Å². The minimum atomic E-state index is -0.0811. The molecule has 3 aromatic rings. The first-order valence-corrected chi connectivity index (χ1v) is 10.8. The van der Waals surface area contributed by atoms with Crippen molar-refractivity contribution in [1.82, 2.24) is 14.9 Å². The van der Waals surface area contributed by atoms with Crippen molar-refractivity contribution in [2.24, 2.45) is 0 Å². The minimum absolute atomic E-state index is 0.0811. The molecule has 4 rings (SSSR count). The molecule has 7 nitrogen and oxygen atoms in total. The van der Waals surface area contributed by atoms with Crippen LogP contribution >= 0.6 is 0 Å². The lowest BCUT2D eigenvalue weighted by molar-refractivity contribution is 0.208. The molecule has 31 heavy (non-hydrogen) atoms. The number of anilines is 2. The Morgan fingerprint density at radius 3 is 2.39 bits per heavy atom. The van der Waals surface area contributed by atoms with Gasteiger partial charge in [-0.15, -0.1) is 0 Å². The third-order valence-corrected chi connectivity index (χ3v) is 5.74. The maximum Gasteiger partial charge on any atom is 0.321 e. The van der Waals surface area contributed by atoms with Gasteiger partial charge < -0.3 is 19.9 Å². The summed E-state index contributed by atoms with van der Waals surface area (Å²) in [6.07, 6.45) is 3.73. The summed E-state index contributed by atoms with van der Waals surface area (Å²) in [7, 11) is 1.63. The molecule has 0 unspecified atom stereocenters. The number of aromatic nitrogens is 2. The third kappa shape index (κ3) is 4.55. The van der Waals surface area contributed by atoms with Crippen LogP contribution in [-0.4, -0.2) is 54.2 Å². The van der Waals surface area contributed by atoms with Crippen molar-refractivity contribution in [1.29, 1.82) is 0 Å². The van der Waals surface area contributed by atoms with Gasteiger partial charge in [0.05, 0.1) is 7.11 Å². The molecular formula is C24H29N5O2. The molecule has 0 saturated carbocycles. The summed E-state index contributed by atoms with van der Waals surface area (Å²) in [6, 6.07) is 11.6. The number of carbonyl (C=O) groups is 1. The number of piperazine rings is 1. The Bertz CT molecular complexity index is 1060. The van der Waals surface area contributed by atoms with Crippen LogP contribution in [0.5, 0.6) is 5.75 Å². The molecule has 1 aliphatic heterocycles. The first-order valence-electron chi connectivity index (χ1n) is 10.8. The van der Waals surface area contributed by atoms with E-state index in [1.54, 1.807) is 7.11 Å². The molecule has 3 heterocycles. The van der Waals surface area contributed by atoms with Gasteiger partial charge in [-0.25, -0.2) is 9.78 Å². The molecule has 2 amide bonds. The second kappa shape index (κ2) is 9.20. The highest BCUT2D eigenvalue weighted by atomic mass is 16.5. The van der Waals surface area contributed by atoms with Gasteiger partial charge in [-0.2, -0.15) is 0 Å². The van der Waals surface area contributed by atoms with Gasteiger partial charge in [0.25, 0.3) is 0 Å². The van der Waals surface area contributed by atoms with Crippen LogP contribution in [0.3, 0.4) is 0 Å². The number of hydrogen-bond donors (Lipinski definition) is 1. The van der Waals surface area contributed by atoms with Gasteiger partial charge in [-0.05, 0) is 49.2 Å². The van der Waals surface area contributed by atoms with Gasteiger partial charge in [0, 0.05) is 60.2 Å². The number of hydrogen-bond acceptors (Lipinski definition) is 5.